The summed E-state index contributed by atoms with van der Waals surface area (Å²) < 4.78 is 1.81. The highest BCUT2D eigenvalue weighted by Gasteiger charge is 2.06. The molecule has 0 atom stereocenters. The molecule has 3 rings (SSSR count). The van der Waals surface area contributed by atoms with Crippen molar-refractivity contribution in [1.82, 2.24) is 20.1 Å². The number of amides is 1. The number of rotatable bonds is 5. The number of pyridine rings is 1. The van der Waals surface area contributed by atoms with Crippen LogP contribution in [0.2, 0.25) is 0 Å². The number of aryl methyl sites for hydroxylation is 2. The number of carbonyl (C=O) groups excluding carboxylic acids is 1. The molecule has 3 heterocycles. The van der Waals surface area contributed by atoms with Crippen LogP contribution in [-0.2, 0) is 17.8 Å². The van der Waals surface area contributed by atoms with Crippen molar-refractivity contribution in [3.05, 3.63) is 63.7 Å². The number of nitrogens with one attached hydrogen (secondary N) is 1. The van der Waals surface area contributed by atoms with Crippen molar-refractivity contribution in [1.29, 1.82) is 0 Å². The number of aromatic nitrogens is 3. The molecule has 0 fully saturated rings. The maximum Gasteiger partial charge on any atom is 0.225 e. The maximum atomic E-state index is 11.9. The van der Waals surface area contributed by atoms with Crippen LogP contribution in [-0.4, -0.2) is 20.7 Å². The zero-order chi connectivity index (χ0) is 16.2. The third-order valence-electron chi connectivity index (χ3n) is 3.44. The topological polar surface area (TPSA) is 59.8 Å². The van der Waals surface area contributed by atoms with Gasteiger partial charge in [-0.25, -0.2) is 9.67 Å². The summed E-state index contributed by atoms with van der Waals surface area (Å²) in [6, 6.07) is 9.81. The first-order chi connectivity index (χ1) is 11.1. The minimum atomic E-state index is 0.0232. The number of nitrogens with zero attached hydrogens (tertiary/aromatic N) is 3. The molecule has 0 saturated carbocycles. The van der Waals surface area contributed by atoms with Gasteiger partial charge in [-0.3, -0.25) is 4.79 Å². The molecule has 5 nitrogen and oxygen atoms in total. The Kier molecular flexibility index (Phi) is 4.52. The van der Waals surface area contributed by atoms with Gasteiger partial charge in [0.05, 0.1) is 12.1 Å². The van der Waals surface area contributed by atoms with Gasteiger partial charge in [0.25, 0.3) is 0 Å². The summed E-state index contributed by atoms with van der Waals surface area (Å²) in [6.45, 7) is 4.44. The van der Waals surface area contributed by atoms with E-state index < -0.39 is 0 Å². The first kappa shape index (κ1) is 15.4. The molecule has 0 saturated heterocycles. The molecule has 0 unspecified atom stereocenters. The van der Waals surface area contributed by atoms with Gasteiger partial charge in [0, 0.05) is 23.3 Å². The zero-order valence-electron chi connectivity index (χ0n) is 13.1. The van der Waals surface area contributed by atoms with E-state index in [4.69, 9.17) is 0 Å². The second-order valence-electron chi connectivity index (χ2n) is 5.40. The van der Waals surface area contributed by atoms with E-state index in [-0.39, 0.29) is 5.91 Å². The molecule has 3 aromatic heterocycles. The van der Waals surface area contributed by atoms with Crippen LogP contribution in [0.5, 0.6) is 0 Å². The second-order valence-corrected chi connectivity index (χ2v) is 6.43. The number of hydrogen-bond donors (Lipinski definition) is 1. The van der Waals surface area contributed by atoms with Gasteiger partial charge < -0.3 is 5.32 Å². The van der Waals surface area contributed by atoms with E-state index in [0.29, 0.717) is 13.0 Å². The van der Waals surface area contributed by atoms with Gasteiger partial charge in [0.15, 0.2) is 5.82 Å². The highest BCUT2D eigenvalue weighted by Crippen LogP contribution is 2.11. The fraction of sp³-hybridized carbons (Fsp3) is 0.235. The molecule has 1 amide bonds. The highest BCUT2D eigenvalue weighted by atomic mass is 32.1. The van der Waals surface area contributed by atoms with Crippen LogP contribution in [0.1, 0.15) is 21.8 Å². The molecular formula is C17H18N4OS. The summed E-state index contributed by atoms with van der Waals surface area (Å²) in [6.07, 6.45) is 2.20. The van der Waals surface area contributed by atoms with Crippen molar-refractivity contribution < 1.29 is 4.79 Å². The fourth-order valence-electron chi connectivity index (χ4n) is 2.34. The number of thiophene rings is 1. The van der Waals surface area contributed by atoms with E-state index >= 15 is 0 Å². The molecule has 23 heavy (non-hydrogen) atoms. The Labute approximate surface area is 139 Å². The highest BCUT2D eigenvalue weighted by molar-refractivity contribution is 7.10. The molecule has 0 aliphatic carbocycles. The van der Waals surface area contributed by atoms with E-state index in [2.05, 4.69) is 15.4 Å². The molecule has 118 valence electrons. The summed E-state index contributed by atoms with van der Waals surface area (Å²) in [5.41, 5.74) is 2.98. The van der Waals surface area contributed by atoms with Crippen LogP contribution in [0.25, 0.3) is 5.82 Å². The number of hydrogen-bond acceptors (Lipinski definition) is 4. The van der Waals surface area contributed by atoms with Crippen LogP contribution in [0, 0.1) is 13.8 Å². The Bertz CT molecular complexity index is 791. The van der Waals surface area contributed by atoms with Crippen LogP contribution in [0.15, 0.2) is 41.9 Å². The summed E-state index contributed by atoms with van der Waals surface area (Å²) in [5, 5.41) is 9.31. The van der Waals surface area contributed by atoms with Crippen LogP contribution < -0.4 is 5.32 Å². The van der Waals surface area contributed by atoms with Gasteiger partial charge >= 0.3 is 0 Å². The summed E-state index contributed by atoms with van der Waals surface area (Å²) in [7, 11) is 0. The maximum absolute atomic E-state index is 11.9. The molecule has 6 heteroatoms. The number of carbonyl (C=O) groups is 1. The molecule has 0 aliphatic rings. The van der Waals surface area contributed by atoms with E-state index in [0.717, 1.165) is 27.6 Å². The summed E-state index contributed by atoms with van der Waals surface area (Å²) in [5.74, 6) is 0.805. The third kappa shape index (κ3) is 3.84. The fourth-order valence-corrected chi connectivity index (χ4v) is 3.05. The molecule has 0 aliphatic heterocycles. The van der Waals surface area contributed by atoms with Crippen molar-refractivity contribution in [3.63, 3.8) is 0 Å². The zero-order valence-corrected chi connectivity index (χ0v) is 13.9. The first-order valence-electron chi connectivity index (χ1n) is 7.39. The second kappa shape index (κ2) is 6.75. The minimum absolute atomic E-state index is 0.0232. The Morgan fingerprint density at radius 1 is 1.30 bits per heavy atom. The van der Waals surface area contributed by atoms with Gasteiger partial charge in [-0.2, -0.15) is 5.10 Å². The van der Waals surface area contributed by atoms with Crippen molar-refractivity contribution >= 4 is 17.2 Å². The van der Waals surface area contributed by atoms with E-state index in [1.165, 1.54) is 0 Å². The first-order valence-corrected chi connectivity index (χ1v) is 8.27. The molecule has 1 N–H and O–H groups in total. The Morgan fingerprint density at radius 2 is 2.17 bits per heavy atom. The molecule has 0 radical (unpaired) electrons. The average molecular weight is 326 g/mol. The smallest absolute Gasteiger partial charge is 0.225 e. The molecule has 0 bridgehead atoms. The normalized spacial score (nSPS) is 10.7. The average Bonchev–Trinajstić information content (AvgIpc) is 3.15. The van der Waals surface area contributed by atoms with Gasteiger partial charge in [-0.05, 0) is 43.0 Å². The van der Waals surface area contributed by atoms with Gasteiger partial charge in [-0.15, -0.1) is 11.3 Å². The van der Waals surface area contributed by atoms with Gasteiger partial charge in [-0.1, -0.05) is 12.1 Å². The standard InChI is InChI=1S/C17H18N4OS/c1-12-8-13(2)21(20-12)16-6-5-14(10-18-16)11-19-17(22)9-15-4-3-7-23-15/h3-8,10H,9,11H2,1-2H3,(H,19,22). The Balaban J connectivity index is 1.59. The van der Waals surface area contributed by atoms with E-state index in [9.17, 15) is 4.79 Å². The van der Waals surface area contributed by atoms with E-state index in [1.54, 1.807) is 17.5 Å². The molecule has 0 aromatic carbocycles. The lowest BCUT2D eigenvalue weighted by molar-refractivity contribution is -0.120. The van der Waals surface area contributed by atoms with Crippen molar-refractivity contribution in [2.75, 3.05) is 0 Å². The van der Waals surface area contributed by atoms with Crippen molar-refractivity contribution in [2.24, 2.45) is 0 Å². The molecular weight excluding hydrogens is 308 g/mol. The lowest BCUT2D eigenvalue weighted by atomic mass is 10.2. The van der Waals surface area contributed by atoms with Crippen molar-refractivity contribution in [3.8, 4) is 5.82 Å². The van der Waals surface area contributed by atoms with Crippen LogP contribution >= 0.6 is 11.3 Å². The summed E-state index contributed by atoms with van der Waals surface area (Å²) in [4.78, 5) is 17.4. The van der Waals surface area contributed by atoms with Crippen LogP contribution in [0.4, 0.5) is 0 Å². The van der Waals surface area contributed by atoms with Gasteiger partial charge in [0.2, 0.25) is 5.91 Å². The summed E-state index contributed by atoms with van der Waals surface area (Å²) >= 11 is 1.59. The quantitative estimate of drug-likeness (QED) is 0.784. The van der Waals surface area contributed by atoms with E-state index in [1.807, 2.05) is 54.2 Å². The predicted molar refractivity (Wildman–Crippen MR) is 90.7 cm³/mol. The lowest BCUT2D eigenvalue weighted by Gasteiger charge is -2.06. The largest absolute Gasteiger partial charge is 0.352 e. The molecule has 3 aromatic rings. The monoisotopic (exact) mass is 326 g/mol. The van der Waals surface area contributed by atoms with Gasteiger partial charge in [0.1, 0.15) is 0 Å². The lowest BCUT2D eigenvalue weighted by Crippen LogP contribution is -2.24. The van der Waals surface area contributed by atoms with Crippen LogP contribution in [0.3, 0.4) is 0 Å². The predicted octanol–water partition coefficient (Wildman–Crippen LogP) is 2.80. The molecule has 0 spiro atoms. The third-order valence-corrected chi connectivity index (χ3v) is 4.32. The SMILES string of the molecule is Cc1cc(C)n(-c2ccc(CNC(=O)Cc3cccs3)cn2)n1. The minimum Gasteiger partial charge on any atom is -0.352 e. The Hall–Kier alpha value is -2.47. The van der Waals surface area contributed by atoms with Crippen molar-refractivity contribution in [2.45, 2.75) is 26.8 Å². The Morgan fingerprint density at radius 3 is 2.78 bits per heavy atom.